The van der Waals surface area contributed by atoms with Crippen LogP contribution in [-0.2, 0) is 7.05 Å². The molecule has 3 nitrogen and oxygen atoms in total. The van der Waals surface area contributed by atoms with Crippen molar-refractivity contribution in [2.24, 2.45) is 7.05 Å². The van der Waals surface area contributed by atoms with Crippen molar-refractivity contribution < 1.29 is 0 Å². The lowest BCUT2D eigenvalue weighted by Gasteiger charge is -2.07. The molecule has 0 saturated heterocycles. The third-order valence-electron chi connectivity index (χ3n) is 2.04. The topological polar surface area (TPSA) is 29.9 Å². The van der Waals surface area contributed by atoms with E-state index in [1.165, 1.54) is 5.57 Å². The minimum absolute atomic E-state index is 0.532. The van der Waals surface area contributed by atoms with Crippen LogP contribution in [0.4, 0.5) is 0 Å². The first-order valence-electron chi connectivity index (χ1n) is 4.98. The van der Waals surface area contributed by atoms with Crippen molar-refractivity contribution in [3.8, 4) is 0 Å². The summed E-state index contributed by atoms with van der Waals surface area (Å²) in [5.74, 6) is 0. The van der Waals surface area contributed by atoms with Crippen molar-refractivity contribution in [3.05, 3.63) is 23.5 Å². The van der Waals surface area contributed by atoms with Gasteiger partial charge in [-0.05, 0) is 19.1 Å². The van der Waals surface area contributed by atoms with E-state index in [0.29, 0.717) is 6.04 Å². The van der Waals surface area contributed by atoms with Crippen LogP contribution in [0.15, 0.2) is 17.8 Å². The lowest BCUT2D eigenvalue weighted by molar-refractivity contribution is 0.622. The Bertz CT molecular complexity index is 310. The van der Waals surface area contributed by atoms with Gasteiger partial charge in [0.2, 0.25) is 0 Å². The Balaban J connectivity index is 2.56. The Morgan fingerprint density at radius 1 is 1.64 bits per heavy atom. The fourth-order valence-electron chi connectivity index (χ4n) is 1.19. The maximum absolute atomic E-state index is 4.12. The lowest BCUT2D eigenvalue weighted by Crippen LogP contribution is -2.24. The van der Waals surface area contributed by atoms with Gasteiger partial charge < -0.3 is 5.32 Å². The van der Waals surface area contributed by atoms with Crippen LogP contribution in [0, 0.1) is 0 Å². The molecule has 0 aliphatic carbocycles. The number of nitrogens with zero attached hydrogens (tertiary/aromatic N) is 2. The molecule has 0 aliphatic heterocycles. The standard InChI is InChI=1S/C11H19N3/c1-9(2)12-8-10(3)7-11-5-6-13-14(11)4/h5-7,9,12H,8H2,1-4H3. The molecule has 1 N–H and O–H groups in total. The zero-order chi connectivity index (χ0) is 10.6. The predicted molar refractivity (Wildman–Crippen MR) is 60.0 cm³/mol. The Morgan fingerprint density at radius 2 is 2.36 bits per heavy atom. The Labute approximate surface area is 85.8 Å². The van der Waals surface area contributed by atoms with E-state index in [4.69, 9.17) is 0 Å². The van der Waals surface area contributed by atoms with Gasteiger partial charge in [0.1, 0.15) is 0 Å². The van der Waals surface area contributed by atoms with Gasteiger partial charge in [-0.15, -0.1) is 0 Å². The molecule has 0 fully saturated rings. The minimum Gasteiger partial charge on any atom is -0.311 e. The Kier molecular flexibility index (Phi) is 3.89. The monoisotopic (exact) mass is 193 g/mol. The second-order valence-electron chi connectivity index (χ2n) is 3.91. The second-order valence-corrected chi connectivity index (χ2v) is 3.91. The molecule has 0 aromatic carbocycles. The number of nitrogens with one attached hydrogen (secondary N) is 1. The number of aromatic nitrogens is 2. The molecule has 0 saturated carbocycles. The number of hydrogen-bond donors (Lipinski definition) is 1. The highest BCUT2D eigenvalue weighted by Crippen LogP contribution is 2.04. The summed E-state index contributed by atoms with van der Waals surface area (Å²) in [5, 5.41) is 7.50. The molecular formula is C11H19N3. The summed E-state index contributed by atoms with van der Waals surface area (Å²) < 4.78 is 1.87. The smallest absolute Gasteiger partial charge is 0.0606 e. The average Bonchev–Trinajstić information content (AvgIpc) is 2.49. The van der Waals surface area contributed by atoms with Crippen LogP contribution in [0.1, 0.15) is 26.5 Å². The van der Waals surface area contributed by atoms with Gasteiger partial charge in [-0.1, -0.05) is 19.4 Å². The first-order valence-corrected chi connectivity index (χ1v) is 4.98. The number of hydrogen-bond acceptors (Lipinski definition) is 2. The SMILES string of the molecule is CC(=Cc1ccnn1C)CNC(C)C. The van der Waals surface area contributed by atoms with E-state index in [-0.39, 0.29) is 0 Å². The van der Waals surface area contributed by atoms with Crippen LogP contribution in [0.25, 0.3) is 6.08 Å². The zero-order valence-corrected chi connectivity index (χ0v) is 9.41. The van der Waals surface area contributed by atoms with Gasteiger partial charge in [0.15, 0.2) is 0 Å². The Hall–Kier alpha value is -1.09. The maximum Gasteiger partial charge on any atom is 0.0606 e. The summed E-state index contributed by atoms with van der Waals surface area (Å²) in [6, 6.07) is 2.55. The molecule has 14 heavy (non-hydrogen) atoms. The molecule has 0 amide bonds. The first kappa shape index (κ1) is 11.0. The molecule has 78 valence electrons. The van der Waals surface area contributed by atoms with Crippen molar-refractivity contribution in [1.82, 2.24) is 15.1 Å². The van der Waals surface area contributed by atoms with Gasteiger partial charge >= 0.3 is 0 Å². The van der Waals surface area contributed by atoms with Crippen molar-refractivity contribution in [1.29, 1.82) is 0 Å². The van der Waals surface area contributed by atoms with Gasteiger partial charge in [-0.25, -0.2) is 0 Å². The summed E-state index contributed by atoms with van der Waals surface area (Å²) in [6.45, 7) is 7.36. The van der Waals surface area contributed by atoms with Crippen molar-refractivity contribution >= 4 is 6.08 Å². The summed E-state index contributed by atoms with van der Waals surface area (Å²) in [4.78, 5) is 0. The normalized spacial score (nSPS) is 12.5. The fraction of sp³-hybridized carbons (Fsp3) is 0.545. The lowest BCUT2D eigenvalue weighted by atomic mass is 10.2. The molecule has 3 heteroatoms. The Morgan fingerprint density at radius 3 is 2.86 bits per heavy atom. The van der Waals surface area contributed by atoms with Gasteiger partial charge in [-0.3, -0.25) is 4.68 Å². The molecule has 0 atom stereocenters. The summed E-state index contributed by atoms with van der Waals surface area (Å²) in [6.07, 6.45) is 3.97. The summed E-state index contributed by atoms with van der Waals surface area (Å²) in [7, 11) is 1.95. The fourth-order valence-corrected chi connectivity index (χ4v) is 1.19. The molecule has 0 bridgehead atoms. The second kappa shape index (κ2) is 4.96. The maximum atomic E-state index is 4.12. The van der Waals surface area contributed by atoms with Crippen molar-refractivity contribution in [3.63, 3.8) is 0 Å². The van der Waals surface area contributed by atoms with Gasteiger partial charge in [0.05, 0.1) is 5.69 Å². The molecule has 0 unspecified atom stereocenters. The highest BCUT2D eigenvalue weighted by molar-refractivity contribution is 5.48. The van der Waals surface area contributed by atoms with Gasteiger partial charge in [0, 0.05) is 25.8 Å². The predicted octanol–water partition coefficient (Wildman–Crippen LogP) is 1.82. The van der Waals surface area contributed by atoms with Crippen LogP contribution in [0.3, 0.4) is 0 Å². The number of rotatable bonds is 4. The van der Waals surface area contributed by atoms with E-state index in [9.17, 15) is 0 Å². The minimum atomic E-state index is 0.532. The van der Waals surface area contributed by atoms with Crippen LogP contribution in [-0.4, -0.2) is 22.4 Å². The largest absolute Gasteiger partial charge is 0.311 e. The molecule has 1 rings (SSSR count). The van der Waals surface area contributed by atoms with Gasteiger partial charge in [-0.2, -0.15) is 5.10 Å². The van der Waals surface area contributed by atoms with E-state index in [2.05, 4.69) is 37.3 Å². The molecule has 1 aromatic heterocycles. The van der Waals surface area contributed by atoms with Crippen LogP contribution in [0.2, 0.25) is 0 Å². The molecule has 1 heterocycles. The van der Waals surface area contributed by atoms with Crippen LogP contribution < -0.4 is 5.32 Å². The zero-order valence-electron chi connectivity index (χ0n) is 9.41. The molecule has 0 radical (unpaired) electrons. The first-order chi connectivity index (χ1) is 6.59. The van der Waals surface area contributed by atoms with Crippen LogP contribution in [0.5, 0.6) is 0 Å². The molecule has 0 aliphatic rings. The van der Waals surface area contributed by atoms with Gasteiger partial charge in [0.25, 0.3) is 0 Å². The van der Waals surface area contributed by atoms with E-state index in [0.717, 1.165) is 12.2 Å². The molecular weight excluding hydrogens is 174 g/mol. The highest BCUT2D eigenvalue weighted by atomic mass is 15.2. The molecule has 0 spiro atoms. The summed E-state index contributed by atoms with van der Waals surface area (Å²) in [5.41, 5.74) is 2.47. The third kappa shape index (κ3) is 3.34. The van der Waals surface area contributed by atoms with E-state index in [1.54, 1.807) is 0 Å². The van der Waals surface area contributed by atoms with Crippen molar-refractivity contribution in [2.45, 2.75) is 26.8 Å². The molecule has 1 aromatic rings. The third-order valence-corrected chi connectivity index (χ3v) is 2.04. The highest BCUT2D eigenvalue weighted by Gasteiger charge is 1.96. The van der Waals surface area contributed by atoms with Crippen molar-refractivity contribution in [2.75, 3.05) is 6.54 Å². The van der Waals surface area contributed by atoms with E-state index >= 15 is 0 Å². The quantitative estimate of drug-likeness (QED) is 0.790. The van der Waals surface area contributed by atoms with E-state index < -0.39 is 0 Å². The average molecular weight is 193 g/mol. The summed E-state index contributed by atoms with van der Waals surface area (Å²) >= 11 is 0. The number of aryl methyl sites for hydroxylation is 1. The van der Waals surface area contributed by atoms with E-state index in [1.807, 2.05) is 24.0 Å². The van der Waals surface area contributed by atoms with Crippen LogP contribution >= 0.6 is 0 Å².